The fourth-order valence-corrected chi connectivity index (χ4v) is 1.82. The molecule has 0 amide bonds. The predicted octanol–water partition coefficient (Wildman–Crippen LogP) is 4.66. The molecule has 0 saturated heterocycles. The van der Waals surface area contributed by atoms with Crippen molar-refractivity contribution < 1.29 is 9.50 Å². The quantitative estimate of drug-likeness (QED) is 0.782. The van der Waals surface area contributed by atoms with Crippen molar-refractivity contribution in [1.29, 1.82) is 0 Å². The number of aliphatic imine (C=N–C) groups is 1. The maximum Gasteiger partial charge on any atom is 0.119 e. The number of hydrogen-bond acceptors (Lipinski definition) is 2. The third kappa shape index (κ3) is 5.00. The van der Waals surface area contributed by atoms with Crippen molar-refractivity contribution in [3.05, 3.63) is 53.9 Å². The van der Waals surface area contributed by atoms with Crippen LogP contribution in [0.1, 0.15) is 32.8 Å². The molecule has 1 aromatic rings. The van der Waals surface area contributed by atoms with Gasteiger partial charge in [-0.3, -0.25) is 4.99 Å². The summed E-state index contributed by atoms with van der Waals surface area (Å²) >= 11 is 0. The smallest absolute Gasteiger partial charge is 0.119 e. The van der Waals surface area contributed by atoms with Gasteiger partial charge in [-0.15, -0.1) is 0 Å². The molecule has 3 heteroatoms. The van der Waals surface area contributed by atoms with E-state index in [4.69, 9.17) is 0 Å². The molecule has 108 valence electrons. The van der Waals surface area contributed by atoms with E-state index in [0.717, 1.165) is 5.56 Å². The van der Waals surface area contributed by atoms with Crippen LogP contribution >= 0.6 is 0 Å². The van der Waals surface area contributed by atoms with Gasteiger partial charge in [-0.1, -0.05) is 26.8 Å². The number of allylic oxidation sites excluding steroid dienone is 3. The van der Waals surface area contributed by atoms with Crippen molar-refractivity contribution in [2.75, 3.05) is 0 Å². The molecule has 0 saturated carbocycles. The number of aromatic hydroxyl groups is 1. The highest BCUT2D eigenvalue weighted by Crippen LogP contribution is 2.20. The molecule has 0 heterocycles. The summed E-state index contributed by atoms with van der Waals surface area (Å²) in [7, 11) is 0. The van der Waals surface area contributed by atoms with E-state index in [9.17, 15) is 9.50 Å². The van der Waals surface area contributed by atoms with E-state index >= 15 is 0 Å². The summed E-state index contributed by atoms with van der Waals surface area (Å²) in [5.41, 5.74) is 0.922. The van der Waals surface area contributed by atoms with Crippen LogP contribution in [0.4, 0.5) is 4.39 Å². The van der Waals surface area contributed by atoms with E-state index in [1.54, 1.807) is 42.6 Å². The number of rotatable bonds is 2. The zero-order valence-electron chi connectivity index (χ0n) is 12.3. The van der Waals surface area contributed by atoms with Gasteiger partial charge in [-0.2, -0.15) is 0 Å². The zero-order chi connectivity index (χ0) is 15.0. The summed E-state index contributed by atoms with van der Waals surface area (Å²) in [6.45, 7) is 6.05. The van der Waals surface area contributed by atoms with E-state index < -0.39 is 0 Å². The molecule has 1 aliphatic carbocycles. The summed E-state index contributed by atoms with van der Waals surface area (Å²) in [5.74, 6) is 0.327. The lowest BCUT2D eigenvalue weighted by Crippen LogP contribution is -2.11. The Morgan fingerprint density at radius 1 is 1.25 bits per heavy atom. The maximum absolute atomic E-state index is 13.1. The van der Waals surface area contributed by atoms with Gasteiger partial charge in [-0.05, 0) is 54.3 Å². The van der Waals surface area contributed by atoms with Crippen molar-refractivity contribution in [2.45, 2.75) is 33.2 Å². The summed E-state index contributed by atoms with van der Waals surface area (Å²) < 4.78 is 13.1. The molecule has 0 spiro atoms. The Labute approximate surface area is 120 Å². The minimum Gasteiger partial charge on any atom is -0.508 e. The first-order valence-electron chi connectivity index (χ1n) is 7.01. The lowest BCUT2D eigenvalue weighted by Gasteiger charge is -2.13. The fourth-order valence-electron chi connectivity index (χ4n) is 1.82. The molecule has 2 atom stereocenters. The molecule has 2 nitrogen and oxygen atoms in total. The molecular formula is C17H22FNO. The highest BCUT2D eigenvalue weighted by Gasteiger charge is 2.14. The molecule has 1 aromatic carbocycles. The van der Waals surface area contributed by atoms with Crippen molar-refractivity contribution in [1.82, 2.24) is 0 Å². The zero-order valence-corrected chi connectivity index (χ0v) is 12.3. The van der Waals surface area contributed by atoms with Gasteiger partial charge in [0.05, 0.1) is 6.04 Å². The Balaban J connectivity index is 0.000000956. The van der Waals surface area contributed by atoms with Crippen molar-refractivity contribution in [3.63, 3.8) is 0 Å². The molecule has 0 aliphatic heterocycles. The van der Waals surface area contributed by atoms with Gasteiger partial charge < -0.3 is 5.11 Å². The van der Waals surface area contributed by atoms with Crippen LogP contribution in [0.2, 0.25) is 0 Å². The number of benzene rings is 1. The molecular weight excluding hydrogens is 253 g/mol. The lowest BCUT2D eigenvalue weighted by atomic mass is 10.00. The second-order valence-electron chi connectivity index (χ2n) is 4.52. The molecule has 0 aromatic heterocycles. The Hall–Kier alpha value is -1.90. The predicted molar refractivity (Wildman–Crippen MR) is 82.9 cm³/mol. The molecule has 1 N–H and O–H groups in total. The van der Waals surface area contributed by atoms with Crippen LogP contribution in [0, 0.1) is 5.92 Å². The minimum atomic E-state index is -0.191. The van der Waals surface area contributed by atoms with E-state index in [-0.39, 0.29) is 23.5 Å². The van der Waals surface area contributed by atoms with Crippen LogP contribution in [0.15, 0.2) is 53.3 Å². The number of nitrogens with zero attached hydrogens (tertiary/aromatic N) is 1. The van der Waals surface area contributed by atoms with Gasteiger partial charge in [0.2, 0.25) is 0 Å². The SMILES string of the molecule is CC.CC1CC=C(F)C=CC1N=Cc1ccc(O)cc1. The third-order valence-electron chi connectivity index (χ3n) is 3.01. The van der Waals surface area contributed by atoms with E-state index in [2.05, 4.69) is 11.9 Å². The van der Waals surface area contributed by atoms with E-state index in [1.165, 1.54) is 6.08 Å². The number of halogens is 1. The molecule has 0 fully saturated rings. The minimum absolute atomic E-state index is 0.0108. The van der Waals surface area contributed by atoms with Crippen LogP contribution < -0.4 is 0 Å². The van der Waals surface area contributed by atoms with Crippen molar-refractivity contribution in [3.8, 4) is 5.75 Å². The highest BCUT2D eigenvalue weighted by atomic mass is 19.1. The first-order valence-corrected chi connectivity index (χ1v) is 7.01. The highest BCUT2D eigenvalue weighted by molar-refractivity contribution is 5.80. The first-order chi connectivity index (χ1) is 9.65. The summed E-state index contributed by atoms with van der Waals surface area (Å²) in [5, 5.41) is 9.18. The summed E-state index contributed by atoms with van der Waals surface area (Å²) in [4.78, 5) is 4.47. The van der Waals surface area contributed by atoms with Crippen molar-refractivity contribution in [2.24, 2.45) is 10.9 Å². The Bertz CT molecular complexity index is 488. The summed E-state index contributed by atoms with van der Waals surface area (Å²) in [6, 6.07) is 6.82. The third-order valence-corrected chi connectivity index (χ3v) is 3.01. The number of hydrogen-bond donors (Lipinski definition) is 1. The second kappa shape index (κ2) is 8.31. The average Bonchev–Trinajstić information content (AvgIpc) is 2.63. The summed E-state index contributed by atoms with van der Waals surface area (Å²) in [6.07, 6.45) is 7.31. The van der Waals surface area contributed by atoms with E-state index in [1.807, 2.05) is 13.8 Å². The molecule has 2 unspecified atom stereocenters. The maximum atomic E-state index is 13.1. The van der Waals surface area contributed by atoms with Gasteiger partial charge in [0.1, 0.15) is 11.6 Å². The Morgan fingerprint density at radius 2 is 1.90 bits per heavy atom. The lowest BCUT2D eigenvalue weighted by molar-refractivity contribution is 0.475. The topological polar surface area (TPSA) is 32.6 Å². The second-order valence-corrected chi connectivity index (χ2v) is 4.52. The molecule has 1 aliphatic rings. The van der Waals surface area contributed by atoms with Crippen LogP contribution in [0.3, 0.4) is 0 Å². The number of phenols is 1. The monoisotopic (exact) mass is 275 g/mol. The van der Waals surface area contributed by atoms with Gasteiger partial charge in [0.25, 0.3) is 0 Å². The Kier molecular flexibility index (Phi) is 6.71. The molecule has 20 heavy (non-hydrogen) atoms. The van der Waals surface area contributed by atoms with Crippen LogP contribution in [-0.2, 0) is 0 Å². The standard InChI is InChI=1S/C15H16FNO.C2H6/c1-11-2-5-13(16)6-9-15(11)17-10-12-3-7-14(18)8-4-12;1-2/h3-11,15,18H,2H2,1H3;1-2H3. The molecule has 0 bridgehead atoms. The van der Waals surface area contributed by atoms with Gasteiger partial charge >= 0.3 is 0 Å². The Morgan fingerprint density at radius 3 is 2.55 bits per heavy atom. The normalized spacial score (nSPS) is 21.9. The van der Waals surface area contributed by atoms with Gasteiger partial charge in [0.15, 0.2) is 0 Å². The molecule has 2 rings (SSSR count). The van der Waals surface area contributed by atoms with Gasteiger partial charge in [-0.25, -0.2) is 4.39 Å². The van der Waals surface area contributed by atoms with Crippen LogP contribution in [0.25, 0.3) is 0 Å². The number of phenolic OH excluding ortho intramolecular Hbond substituents is 1. The van der Waals surface area contributed by atoms with Crippen LogP contribution in [-0.4, -0.2) is 17.4 Å². The van der Waals surface area contributed by atoms with E-state index in [0.29, 0.717) is 6.42 Å². The first kappa shape index (κ1) is 16.2. The fraction of sp³-hybridized carbons (Fsp3) is 0.353. The average molecular weight is 275 g/mol. The van der Waals surface area contributed by atoms with Crippen LogP contribution in [0.5, 0.6) is 5.75 Å². The van der Waals surface area contributed by atoms with Gasteiger partial charge in [0, 0.05) is 6.21 Å². The largest absolute Gasteiger partial charge is 0.508 e. The van der Waals surface area contributed by atoms with Crippen molar-refractivity contribution >= 4 is 6.21 Å². The molecule has 0 radical (unpaired) electrons.